The van der Waals surface area contributed by atoms with Crippen molar-refractivity contribution in [1.29, 1.82) is 0 Å². The zero-order chi connectivity index (χ0) is 11.4. The Morgan fingerprint density at radius 1 is 1.44 bits per heavy atom. The fourth-order valence-electron chi connectivity index (χ4n) is 1.44. The number of esters is 1. The molecule has 2 rings (SSSR count). The lowest BCUT2D eigenvalue weighted by molar-refractivity contribution is -0.747. The second-order valence-corrected chi connectivity index (χ2v) is 3.31. The minimum atomic E-state index is -0.398. The van der Waals surface area contributed by atoms with E-state index in [2.05, 4.69) is 15.0 Å². The minimum absolute atomic E-state index is 0.398. The number of carbonyl (C=O) groups is 1. The van der Waals surface area contributed by atoms with Crippen molar-refractivity contribution in [2.24, 2.45) is 0 Å². The third-order valence-electron chi connectivity index (χ3n) is 2.23. The van der Waals surface area contributed by atoms with Gasteiger partial charge in [-0.25, -0.2) is 4.79 Å². The molecule has 0 aliphatic heterocycles. The predicted octanol–water partition coefficient (Wildman–Crippen LogP) is 0.532. The molecule has 0 aliphatic rings. The maximum atomic E-state index is 11.4. The van der Waals surface area contributed by atoms with E-state index in [0.29, 0.717) is 12.2 Å². The Morgan fingerprint density at radius 2 is 2.19 bits per heavy atom. The molecule has 1 aromatic heterocycles. The van der Waals surface area contributed by atoms with Crippen molar-refractivity contribution < 1.29 is 14.2 Å². The molecule has 82 valence electrons. The average molecular weight is 218 g/mol. The van der Waals surface area contributed by atoms with E-state index in [1.807, 2.05) is 30.3 Å². The van der Waals surface area contributed by atoms with E-state index in [9.17, 15) is 4.79 Å². The summed E-state index contributed by atoms with van der Waals surface area (Å²) < 4.78 is 6.29. The van der Waals surface area contributed by atoms with Crippen LogP contribution in [-0.4, -0.2) is 23.4 Å². The zero-order valence-corrected chi connectivity index (χ0v) is 8.88. The molecule has 0 unspecified atom stereocenters. The van der Waals surface area contributed by atoms with Crippen LogP contribution < -0.4 is 4.68 Å². The fraction of sp³-hybridized carbons (Fsp3) is 0.182. The summed E-state index contributed by atoms with van der Waals surface area (Å²) in [6, 6.07) is 9.81. The Bertz CT molecular complexity index is 479. The number of benzene rings is 1. The molecular formula is C11H12N3O2+. The Morgan fingerprint density at radius 3 is 2.88 bits per heavy atom. The van der Waals surface area contributed by atoms with Gasteiger partial charge in [-0.1, -0.05) is 35.5 Å². The Hall–Kier alpha value is -2.17. The van der Waals surface area contributed by atoms with Gasteiger partial charge in [0.25, 0.3) is 5.69 Å². The quantitative estimate of drug-likeness (QED) is 0.604. The smallest absolute Gasteiger partial charge is 0.384 e. The third kappa shape index (κ3) is 2.08. The van der Waals surface area contributed by atoms with Crippen molar-refractivity contribution in [3.8, 4) is 0 Å². The highest BCUT2D eigenvalue weighted by Gasteiger charge is 2.20. The van der Waals surface area contributed by atoms with Gasteiger partial charge in [0.05, 0.1) is 7.11 Å². The first kappa shape index (κ1) is 10.4. The van der Waals surface area contributed by atoms with Gasteiger partial charge in [0, 0.05) is 5.10 Å². The summed E-state index contributed by atoms with van der Waals surface area (Å²) in [4.78, 5) is 11.4. The van der Waals surface area contributed by atoms with Crippen molar-refractivity contribution in [2.45, 2.75) is 6.54 Å². The van der Waals surface area contributed by atoms with Crippen LogP contribution in [0.5, 0.6) is 0 Å². The van der Waals surface area contributed by atoms with Crippen LogP contribution in [0, 0.1) is 0 Å². The second kappa shape index (κ2) is 4.57. The standard InChI is InChI=1S/C11H11N3O2/c1-16-11(15)10-7-12-13-14(10)8-9-5-3-2-4-6-9/h2-7H,8H2,1H3/p+1. The van der Waals surface area contributed by atoms with Crippen molar-refractivity contribution >= 4 is 5.97 Å². The molecule has 5 heteroatoms. The van der Waals surface area contributed by atoms with Crippen molar-refractivity contribution in [3.05, 3.63) is 47.8 Å². The van der Waals surface area contributed by atoms with Gasteiger partial charge in [-0.05, 0) is 5.56 Å². The Kier molecular flexibility index (Phi) is 2.95. The van der Waals surface area contributed by atoms with Gasteiger partial charge in [-0.15, -0.1) is 4.68 Å². The number of methoxy groups -OCH3 is 1. The number of aromatic amines is 1. The zero-order valence-electron chi connectivity index (χ0n) is 8.88. The molecular weight excluding hydrogens is 206 g/mol. The van der Waals surface area contributed by atoms with Gasteiger partial charge in [0.2, 0.25) is 6.20 Å². The van der Waals surface area contributed by atoms with E-state index >= 15 is 0 Å². The van der Waals surface area contributed by atoms with Gasteiger partial charge >= 0.3 is 5.97 Å². The lowest BCUT2D eigenvalue weighted by atomic mass is 10.2. The molecule has 16 heavy (non-hydrogen) atoms. The van der Waals surface area contributed by atoms with E-state index in [1.165, 1.54) is 13.3 Å². The van der Waals surface area contributed by atoms with Gasteiger partial charge in [0.1, 0.15) is 6.54 Å². The molecule has 1 heterocycles. The first-order valence-electron chi connectivity index (χ1n) is 4.86. The molecule has 0 atom stereocenters. The summed E-state index contributed by atoms with van der Waals surface area (Å²) in [7, 11) is 1.35. The number of aromatic nitrogens is 3. The number of hydrogen-bond acceptors (Lipinski definition) is 3. The predicted molar refractivity (Wildman–Crippen MR) is 55.7 cm³/mol. The van der Waals surface area contributed by atoms with Crippen LogP contribution in [0.25, 0.3) is 0 Å². The summed E-state index contributed by atoms with van der Waals surface area (Å²) in [5, 5.41) is 6.56. The maximum absolute atomic E-state index is 11.4. The van der Waals surface area contributed by atoms with Crippen LogP contribution in [0.1, 0.15) is 16.1 Å². The van der Waals surface area contributed by atoms with Crippen LogP contribution in [0.15, 0.2) is 36.5 Å². The average Bonchev–Trinajstić information content (AvgIpc) is 2.77. The molecule has 1 N–H and O–H groups in total. The molecule has 0 aliphatic carbocycles. The lowest BCUT2D eigenvalue weighted by Gasteiger charge is -1.99. The number of hydrogen-bond donors (Lipinski definition) is 1. The van der Waals surface area contributed by atoms with E-state index in [1.54, 1.807) is 4.68 Å². The minimum Gasteiger partial charge on any atom is -0.463 e. The Balaban J connectivity index is 2.22. The van der Waals surface area contributed by atoms with E-state index in [4.69, 9.17) is 0 Å². The molecule has 0 bridgehead atoms. The number of rotatable bonds is 3. The van der Waals surface area contributed by atoms with Crippen LogP contribution >= 0.6 is 0 Å². The summed E-state index contributed by atoms with van der Waals surface area (Å²) in [5.74, 6) is -0.398. The van der Waals surface area contributed by atoms with Crippen LogP contribution in [0.4, 0.5) is 0 Å². The van der Waals surface area contributed by atoms with Gasteiger partial charge in [-0.2, -0.15) is 0 Å². The highest BCUT2D eigenvalue weighted by molar-refractivity contribution is 5.85. The number of nitrogens with zero attached hydrogens (tertiary/aromatic N) is 2. The summed E-state index contributed by atoms with van der Waals surface area (Å²) >= 11 is 0. The Labute approximate surface area is 92.7 Å². The van der Waals surface area contributed by atoms with E-state index in [-0.39, 0.29) is 0 Å². The van der Waals surface area contributed by atoms with Crippen molar-refractivity contribution in [1.82, 2.24) is 10.3 Å². The molecule has 2 aromatic rings. The van der Waals surface area contributed by atoms with Gasteiger partial charge in [0.15, 0.2) is 0 Å². The normalized spacial score (nSPS) is 10.1. The third-order valence-corrected chi connectivity index (χ3v) is 2.23. The van der Waals surface area contributed by atoms with Gasteiger partial charge < -0.3 is 4.74 Å². The van der Waals surface area contributed by atoms with E-state index < -0.39 is 5.97 Å². The second-order valence-electron chi connectivity index (χ2n) is 3.31. The highest BCUT2D eigenvalue weighted by Crippen LogP contribution is 1.98. The number of carbonyl (C=O) groups excluding carboxylic acids is 1. The van der Waals surface area contributed by atoms with Crippen LogP contribution in [0.3, 0.4) is 0 Å². The summed E-state index contributed by atoms with van der Waals surface area (Å²) in [6.07, 6.45) is 1.45. The van der Waals surface area contributed by atoms with E-state index in [0.717, 1.165) is 5.56 Å². The number of nitrogens with one attached hydrogen (secondary N) is 1. The number of H-pyrrole nitrogens is 1. The maximum Gasteiger partial charge on any atom is 0.384 e. The van der Waals surface area contributed by atoms with Crippen molar-refractivity contribution in [3.63, 3.8) is 0 Å². The molecule has 5 nitrogen and oxygen atoms in total. The molecule has 0 amide bonds. The molecule has 1 aromatic carbocycles. The number of ether oxygens (including phenoxy) is 1. The molecule has 0 radical (unpaired) electrons. The first-order valence-corrected chi connectivity index (χ1v) is 4.86. The van der Waals surface area contributed by atoms with Gasteiger partial charge in [-0.3, -0.25) is 0 Å². The summed E-state index contributed by atoms with van der Waals surface area (Å²) in [5.41, 5.74) is 1.49. The SMILES string of the molecule is COC(=O)c1cn[nH][n+]1Cc1ccccc1. The lowest BCUT2D eigenvalue weighted by Crippen LogP contribution is -2.42. The molecule has 0 saturated heterocycles. The first-order chi connectivity index (χ1) is 7.81. The fourth-order valence-corrected chi connectivity index (χ4v) is 1.44. The monoisotopic (exact) mass is 218 g/mol. The topological polar surface area (TPSA) is 58.9 Å². The molecule has 0 fully saturated rings. The summed E-state index contributed by atoms with van der Waals surface area (Å²) in [6.45, 7) is 0.561. The van der Waals surface area contributed by atoms with Crippen molar-refractivity contribution in [2.75, 3.05) is 7.11 Å². The molecule has 0 saturated carbocycles. The van der Waals surface area contributed by atoms with Crippen LogP contribution in [-0.2, 0) is 11.3 Å². The highest BCUT2D eigenvalue weighted by atomic mass is 16.5. The largest absolute Gasteiger partial charge is 0.463 e. The van der Waals surface area contributed by atoms with Crippen LogP contribution in [0.2, 0.25) is 0 Å². The molecule has 0 spiro atoms.